The molecule has 0 atom stereocenters. The number of unbranched alkanes of at least 4 members (excludes halogenated alkanes) is 3. The highest BCUT2D eigenvalue weighted by Crippen LogP contribution is 2.22. The first kappa shape index (κ1) is 14.9. The molecule has 0 unspecified atom stereocenters. The molecule has 0 saturated heterocycles. The molecule has 0 aromatic carbocycles. The van der Waals surface area contributed by atoms with E-state index in [-0.39, 0.29) is 12.2 Å². The Kier molecular flexibility index (Phi) is 8.10. The Hall–Kier alpha value is -0.0600. The van der Waals surface area contributed by atoms with Crippen molar-refractivity contribution in [3.8, 4) is 0 Å². The lowest BCUT2D eigenvalue weighted by atomic mass is 10.1. The fraction of sp³-hybridized carbons (Fsp3) is 0.900. The second-order valence-electron chi connectivity index (χ2n) is 3.51. The maximum atomic E-state index is 11.7. The van der Waals surface area contributed by atoms with Gasteiger partial charge in [-0.25, -0.2) is 0 Å². The predicted octanol–water partition coefficient (Wildman–Crippen LogP) is 4.24. The summed E-state index contributed by atoms with van der Waals surface area (Å²) in [5, 5.41) is 0.940. The first-order chi connectivity index (χ1) is 6.95. The summed E-state index contributed by atoms with van der Waals surface area (Å²) in [5.41, 5.74) is 0. The molecule has 0 radical (unpaired) electrons. The van der Waals surface area contributed by atoms with Crippen molar-refractivity contribution < 1.29 is 18.0 Å². The summed E-state index contributed by atoms with van der Waals surface area (Å²) in [7, 11) is 0. The lowest BCUT2D eigenvalue weighted by Gasteiger charge is -2.04. The van der Waals surface area contributed by atoms with E-state index in [2.05, 4.69) is 15.9 Å². The molecule has 0 saturated carbocycles. The van der Waals surface area contributed by atoms with E-state index in [1.54, 1.807) is 0 Å². The number of hydrogen-bond donors (Lipinski definition) is 0. The van der Waals surface area contributed by atoms with Gasteiger partial charge in [-0.3, -0.25) is 4.79 Å². The standard InChI is InChI=1S/C10H16BrF3O/c11-8-4-2-1-3-5-9(15)6-7-10(12,13)14/h1-8H2. The van der Waals surface area contributed by atoms with Crippen LogP contribution in [0, 0.1) is 0 Å². The van der Waals surface area contributed by atoms with E-state index in [4.69, 9.17) is 0 Å². The van der Waals surface area contributed by atoms with E-state index in [0.29, 0.717) is 12.8 Å². The Morgan fingerprint density at radius 2 is 1.60 bits per heavy atom. The van der Waals surface area contributed by atoms with Crippen LogP contribution in [0.25, 0.3) is 0 Å². The van der Waals surface area contributed by atoms with Crippen LogP contribution in [0.5, 0.6) is 0 Å². The van der Waals surface area contributed by atoms with Crippen LogP contribution in [-0.4, -0.2) is 17.3 Å². The highest BCUT2D eigenvalue weighted by molar-refractivity contribution is 9.09. The van der Waals surface area contributed by atoms with Crippen molar-refractivity contribution in [3.05, 3.63) is 0 Å². The van der Waals surface area contributed by atoms with Crippen LogP contribution in [0.4, 0.5) is 13.2 Å². The van der Waals surface area contributed by atoms with Gasteiger partial charge in [0.05, 0.1) is 6.42 Å². The van der Waals surface area contributed by atoms with Gasteiger partial charge in [-0.15, -0.1) is 0 Å². The summed E-state index contributed by atoms with van der Waals surface area (Å²) in [5.74, 6) is -0.272. The first-order valence-electron chi connectivity index (χ1n) is 5.10. The summed E-state index contributed by atoms with van der Waals surface area (Å²) in [6.45, 7) is 0. The Bertz CT molecular complexity index is 180. The van der Waals surface area contributed by atoms with Crippen molar-refractivity contribution in [2.75, 3.05) is 5.33 Å². The van der Waals surface area contributed by atoms with Crippen LogP contribution < -0.4 is 0 Å². The van der Waals surface area contributed by atoms with Crippen LogP contribution in [0.3, 0.4) is 0 Å². The zero-order valence-corrected chi connectivity index (χ0v) is 10.2. The number of carbonyl (C=O) groups is 1. The van der Waals surface area contributed by atoms with Gasteiger partial charge in [0.15, 0.2) is 0 Å². The fourth-order valence-corrected chi connectivity index (χ4v) is 1.57. The molecule has 0 aliphatic carbocycles. The summed E-state index contributed by atoms with van der Waals surface area (Å²) < 4.78 is 35.2. The molecule has 0 aliphatic heterocycles. The third-order valence-corrected chi connectivity index (χ3v) is 2.59. The van der Waals surface area contributed by atoms with Crippen LogP contribution >= 0.6 is 15.9 Å². The molecule has 15 heavy (non-hydrogen) atoms. The Labute approximate surface area is 96.5 Å². The second kappa shape index (κ2) is 8.13. The molecule has 0 bridgehead atoms. The minimum Gasteiger partial charge on any atom is -0.300 e. The number of halogens is 4. The van der Waals surface area contributed by atoms with Gasteiger partial charge in [0.25, 0.3) is 0 Å². The van der Waals surface area contributed by atoms with Gasteiger partial charge in [0, 0.05) is 18.2 Å². The topological polar surface area (TPSA) is 17.1 Å². The van der Waals surface area contributed by atoms with Gasteiger partial charge < -0.3 is 0 Å². The molecule has 0 aromatic rings. The van der Waals surface area contributed by atoms with Gasteiger partial charge in [-0.2, -0.15) is 13.2 Å². The molecular formula is C10H16BrF3O. The number of rotatable bonds is 8. The molecule has 0 rings (SSSR count). The van der Waals surface area contributed by atoms with Crippen molar-refractivity contribution in [2.45, 2.75) is 51.1 Å². The molecule has 0 aliphatic rings. The van der Waals surface area contributed by atoms with Gasteiger partial charge in [-0.1, -0.05) is 28.8 Å². The largest absolute Gasteiger partial charge is 0.389 e. The minimum absolute atomic E-state index is 0.272. The van der Waals surface area contributed by atoms with E-state index in [0.717, 1.165) is 24.6 Å². The molecule has 0 N–H and O–H groups in total. The lowest BCUT2D eigenvalue weighted by molar-refractivity contribution is -0.143. The van der Waals surface area contributed by atoms with Gasteiger partial charge in [-0.05, 0) is 12.8 Å². The van der Waals surface area contributed by atoms with Crippen molar-refractivity contribution in [1.29, 1.82) is 0 Å². The molecule has 90 valence electrons. The normalized spacial score (nSPS) is 11.7. The van der Waals surface area contributed by atoms with E-state index in [1.807, 2.05) is 0 Å². The average molecular weight is 289 g/mol. The fourth-order valence-electron chi connectivity index (χ4n) is 1.18. The molecule has 0 heterocycles. The quantitative estimate of drug-likeness (QED) is 0.482. The Balaban J connectivity index is 3.34. The number of hydrogen-bond acceptors (Lipinski definition) is 1. The number of ketones is 1. The van der Waals surface area contributed by atoms with E-state index >= 15 is 0 Å². The SMILES string of the molecule is O=C(CCCCCCBr)CCC(F)(F)F. The predicted molar refractivity (Wildman–Crippen MR) is 57.2 cm³/mol. The molecule has 0 aromatic heterocycles. The van der Waals surface area contributed by atoms with E-state index in [1.165, 1.54) is 0 Å². The maximum absolute atomic E-state index is 11.7. The van der Waals surface area contributed by atoms with Crippen LogP contribution in [0.1, 0.15) is 44.9 Å². The zero-order chi connectivity index (χ0) is 11.7. The summed E-state index contributed by atoms with van der Waals surface area (Å²) >= 11 is 3.29. The van der Waals surface area contributed by atoms with Gasteiger partial charge in [0.1, 0.15) is 5.78 Å². The summed E-state index contributed by atoms with van der Waals surface area (Å²) in [6, 6.07) is 0. The number of carbonyl (C=O) groups excluding carboxylic acids is 1. The molecule has 0 spiro atoms. The van der Waals surface area contributed by atoms with Gasteiger partial charge in [0.2, 0.25) is 0 Å². The van der Waals surface area contributed by atoms with E-state index < -0.39 is 12.6 Å². The molecule has 1 nitrogen and oxygen atoms in total. The average Bonchev–Trinajstić information content (AvgIpc) is 2.13. The Morgan fingerprint density at radius 3 is 2.13 bits per heavy atom. The number of Topliss-reactive ketones (excluding diaryl/α,β-unsaturated/α-hetero) is 1. The third-order valence-electron chi connectivity index (χ3n) is 2.03. The third kappa shape index (κ3) is 11.9. The molecule has 5 heteroatoms. The van der Waals surface area contributed by atoms with Crippen molar-refractivity contribution in [2.24, 2.45) is 0 Å². The second-order valence-corrected chi connectivity index (χ2v) is 4.30. The van der Waals surface area contributed by atoms with Crippen LogP contribution in [-0.2, 0) is 4.79 Å². The summed E-state index contributed by atoms with van der Waals surface area (Å²) in [6.07, 6.45) is -1.54. The summed E-state index contributed by atoms with van der Waals surface area (Å²) in [4.78, 5) is 11.0. The Morgan fingerprint density at radius 1 is 1.00 bits per heavy atom. The highest BCUT2D eigenvalue weighted by atomic mass is 79.9. The van der Waals surface area contributed by atoms with Crippen LogP contribution in [0.2, 0.25) is 0 Å². The molecular weight excluding hydrogens is 273 g/mol. The van der Waals surface area contributed by atoms with Crippen molar-refractivity contribution in [1.82, 2.24) is 0 Å². The highest BCUT2D eigenvalue weighted by Gasteiger charge is 2.27. The zero-order valence-electron chi connectivity index (χ0n) is 8.58. The van der Waals surface area contributed by atoms with Crippen molar-refractivity contribution >= 4 is 21.7 Å². The monoisotopic (exact) mass is 288 g/mol. The molecule has 0 fully saturated rings. The maximum Gasteiger partial charge on any atom is 0.389 e. The van der Waals surface area contributed by atoms with Gasteiger partial charge >= 0.3 is 6.18 Å². The van der Waals surface area contributed by atoms with Crippen molar-refractivity contribution in [3.63, 3.8) is 0 Å². The van der Waals surface area contributed by atoms with Crippen LogP contribution in [0.15, 0.2) is 0 Å². The smallest absolute Gasteiger partial charge is 0.300 e. The van der Waals surface area contributed by atoms with E-state index in [9.17, 15) is 18.0 Å². The lowest BCUT2D eigenvalue weighted by Crippen LogP contribution is -2.10. The molecule has 0 amide bonds. The minimum atomic E-state index is -4.20. The first-order valence-corrected chi connectivity index (χ1v) is 6.22. The number of alkyl halides is 4.